The maximum Gasteiger partial charge on any atom is 0.147 e. The van der Waals surface area contributed by atoms with Gasteiger partial charge in [-0.15, -0.1) is 0 Å². The van der Waals surface area contributed by atoms with Crippen molar-refractivity contribution in [3.05, 3.63) is 138 Å². The number of hydrogen-bond acceptors (Lipinski definition) is 3. The van der Waals surface area contributed by atoms with Crippen molar-refractivity contribution in [2.75, 3.05) is 13.7 Å². The van der Waals surface area contributed by atoms with Gasteiger partial charge in [-0.05, 0) is 36.0 Å². The van der Waals surface area contributed by atoms with Crippen LogP contribution in [0.15, 0.2) is 115 Å². The van der Waals surface area contributed by atoms with Gasteiger partial charge in [0.2, 0.25) is 0 Å². The quantitative estimate of drug-likeness (QED) is 0.169. The predicted molar refractivity (Wildman–Crippen MR) is 160 cm³/mol. The van der Waals surface area contributed by atoms with Gasteiger partial charge in [0.15, 0.2) is 0 Å². The highest BCUT2D eigenvalue weighted by molar-refractivity contribution is 5.81. The highest BCUT2D eigenvalue weighted by Crippen LogP contribution is 2.49. The molecule has 1 aliphatic rings. The Labute approximate surface area is 232 Å². The lowest BCUT2D eigenvalue weighted by atomic mass is 9.77. The SMILES string of the molecule is CCCCOc1c(-c2ccccc2)cccc1C(O)(c1ccccc1)c1cccc(C2=CCCC=C2)c1OC. The van der Waals surface area contributed by atoms with Gasteiger partial charge in [-0.25, -0.2) is 0 Å². The summed E-state index contributed by atoms with van der Waals surface area (Å²) in [4.78, 5) is 0. The lowest BCUT2D eigenvalue weighted by Crippen LogP contribution is -2.30. The van der Waals surface area contributed by atoms with E-state index in [0.717, 1.165) is 53.5 Å². The molecule has 0 saturated heterocycles. The topological polar surface area (TPSA) is 38.7 Å². The first-order chi connectivity index (χ1) is 19.2. The molecular formula is C36H36O3. The molecule has 0 heterocycles. The van der Waals surface area contributed by atoms with Crippen molar-refractivity contribution >= 4 is 5.57 Å². The molecule has 3 nitrogen and oxygen atoms in total. The first-order valence-electron chi connectivity index (χ1n) is 13.8. The fraction of sp³-hybridized carbons (Fsp3) is 0.222. The Bertz CT molecular complexity index is 1450. The van der Waals surface area contributed by atoms with Crippen LogP contribution >= 0.6 is 0 Å². The largest absolute Gasteiger partial charge is 0.496 e. The van der Waals surface area contributed by atoms with Gasteiger partial charge in [0.05, 0.1) is 13.7 Å². The number of para-hydroxylation sites is 2. The summed E-state index contributed by atoms with van der Waals surface area (Å²) >= 11 is 0. The van der Waals surface area contributed by atoms with Crippen LogP contribution in [0, 0.1) is 0 Å². The summed E-state index contributed by atoms with van der Waals surface area (Å²) in [5, 5.41) is 13.1. The highest BCUT2D eigenvalue weighted by atomic mass is 16.5. The molecule has 1 aliphatic carbocycles. The molecule has 1 atom stereocenters. The van der Waals surface area contributed by atoms with E-state index < -0.39 is 5.60 Å². The molecule has 0 radical (unpaired) electrons. The molecule has 4 aromatic rings. The van der Waals surface area contributed by atoms with Crippen LogP contribution in [0.5, 0.6) is 11.5 Å². The predicted octanol–water partition coefficient (Wildman–Crippen LogP) is 8.56. The second-order valence-corrected chi connectivity index (χ2v) is 9.85. The smallest absolute Gasteiger partial charge is 0.147 e. The van der Waals surface area contributed by atoms with E-state index in [4.69, 9.17) is 9.47 Å². The molecule has 3 heteroatoms. The molecule has 39 heavy (non-hydrogen) atoms. The minimum absolute atomic E-state index is 0.563. The molecule has 0 spiro atoms. The highest BCUT2D eigenvalue weighted by Gasteiger charge is 2.40. The van der Waals surface area contributed by atoms with E-state index in [0.29, 0.717) is 29.2 Å². The molecule has 0 saturated carbocycles. The van der Waals surface area contributed by atoms with Crippen LogP contribution in [0.4, 0.5) is 0 Å². The molecule has 1 unspecified atom stereocenters. The van der Waals surface area contributed by atoms with Crippen molar-refractivity contribution in [2.24, 2.45) is 0 Å². The van der Waals surface area contributed by atoms with Crippen LogP contribution in [0.25, 0.3) is 16.7 Å². The second kappa shape index (κ2) is 12.2. The van der Waals surface area contributed by atoms with Crippen molar-refractivity contribution in [1.29, 1.82) is 0 Å². The first kappa shape index (κ1) is 26.5. The fourth-order valence-corrected chi connectivity index (χ4v) is 5.36. The third kappa shape index (κ3) is 5.28. The van der Waals surface area contributed by atoms with E-state index in [2.05, 4.69) is 49.4 Å². The summed E-state index contributed by atoms with van der Waals surface area (Å²) in [6.07, 6.45) is 10.5. The number of methoxy groups -OCH3 is 1. The number of benzene rings is 4. The summed E-state index contributed by atoms with van der Waals surface area (Å²) in [5.41, 5.74) is 4.65. The van der Waals surface area contributed by atoms with Crippen LogP contribution in [0.2, 0.25) is 0 Å². The first-order valence-corrected chi connectivity index (χ1v) is 13.8. The van der Waals surface area contributed by atoms with Crippen LogP contribution in [0.1, 0.15) is 54.9 Å². The molecule has 0 bridgehead atoms. The Hall–Kier alpha value is -4.08. The number of rotatable bonds is 10. The number of aliphatic hydroxyl groups is 1. The Morgan fingerprint density at radius 3 is 2.05 bits per heavy atom. The number of hydrogen-bond donors (Lipinski definition) is 1. The normalized spacial score (nSPS) is 14.4. The average molecular weight is 517 g/mol. The summed E-state index contributed by atoms with van der Waals surface area (Å²) < 4.78 is 12.6. The number of ether oxygens (including phenoxy) is 2. The zero-order valence-corrected chi connectivity index (χ0v) is 22.8. The second-order valence-electron chi connectivity index (χ2n) is 9.85. The molecule has 1 N–H and O–H groups in total. The minimum atomic E-state index is -1.53. The Morgan fingerprint density at radius 1 is 0.744 bits per heavy atom. The number of unbranched alkanes of at least 4 members (excludes halogenated alkanes) is 1. The third-order valence-electron chi connectivity index (χ3n) is 7.34. The van der Waals surface area contributed by atoms with E-state index in [-0.39, 0.29) is 0 Å². The molecule has 0 aromatic heterocycles. The standard InChI is InChI=1S/C36H36O3/c1-3-4-26-39-35-31(28-18-10-6-11-19-28)23-15-25-33(35)36(37,29-20-12-7-13-21-29)32-24-14-22-30(34(32)38-2)27-16-8-5-9-17-27/h6-8,10-25,37H,3-5,9,26H2,1-2H3. The Kier molecular flexibility index (Phi) is 8.29. The fourth-order valence-electron chi connectivity index (χ4n) is 5.36. The minimum Gasteiger partial charge on any atom is -0.496 e. The van der Waals surface area contributed by atoms with Gasteiger partial charge in [0, 0.05) is 22.3 Å². The Morgan fingerprint density at radius 2 is 1.41 bits per heavy atom. The van der Waals surface area contributed by atoms with Crippen LogP contribution in [0.3, 0.4) is 0 Å². The Balaban J connectivity index is 1.80. The molecular weight excluding hydrogens is 480 g/mol. The van der Waals surface area contributed by atoms with E-state index in [9.17, 15) is 5.11 Å². The van der Waals surface area contributed by atoms with Crippen LogP contribution in [-0.4, -0.2) is 18.8 Å². The zero-order valence-electron chi connectivity index (χ0n) is 22.8. The van der Waals surface area contributed by atoms with E-state index in [1.54, 1.807) is 7.11 Å². The van der Waals surface area contributed by atoms with Crippen molar-refractivity contribution in [3.63, 3.8) is 0 Å². The van der Waals surface area contributed by atoms with Gasteiger partial charge in [0.1, 0.15) is 17.1 Å². The van der Waals surface area contributed by atoms with Crippen molar-refractivity contribution in [2.45, 2.75) is 38.2 Å². The summed E-state index contributed by atoms with van der Waals surface area (Å²) in [6.45, 7) is 2.71. The summed E-state index contributed by atoms with van der Waals surface area (Å²) in [6, 6.07) is 32.1. The average Bonchev–Trinajstić information content (AvgIpc) is 3.01. The van der Waals surface area contributed by atoms with Crippen LogP contribution in [-0.2, 0) is 5.60 Å². The van der Waals surface area contributed by atoms with Crippen molar-refractivity contribution < 1.29 is 14.6 Å². The summed E-state index contributed by atoms with van der Waals surface area (Å²) in [7, 11) is 1.68. The van der Waals surface area contributed by atoms with Crippen molar-refractivity contribution in [3.8, 4) is 22.6 Å². The van der Waals surface area contributed by atoms with Gasteiger partial charge in [-0.3, -0.25) is 0 Å². The van der Waals surface area contributed by atoms with E-state index in [1.807, 2.05) is 72.8 Å². The zero-order chi connectivity index (χ0) is 27.1. The molecule has 4 aromatic carbocycles. The van der Waals surface area contributed by atoms with E-state index in [1.165, 1.54) is 0 Å². The van der Waals surface area contributed by atoms with Crippen molar-refractivity contribution in [1.82, 2.24) is 0 Å². The van der Waals surface area contributed by atoms with Gasteiger partial charge in [-0.1, -0.05) is 129 Å². The third-order valence-corrected chi connectivity index (χ3v) is 7.34. The lowest BCUT2D eigenvalue weighted by Gasteiger charge is -2.34. The molecule has 198 valence electrons. The maximum atomic E-state index is 13.1. The van der Waals surface area contributed by atoms with Crippen LogP contribution < -0.4 is 9.47 Å². The molecule has 5 rings (SSSR count). The summed E-state index contributed by atoms with van der Waals surface area (Å²) in [5.74, 6) is 1.35. The number of allylic oxidation sites excluding steroid dienone is 4. The monoisotopic (exact) mass is 516 g/mol. The van der Waals surface area contributed by atoms with Gasteiger partial charge < -0.3 is 14.6 Å². The molecule has 0 amide bonds. The molecule has 0 fully saturated rings. The molecule has 0 aliphatic heterocycles. The van der Waals surface area contributed by atoms with Gasteiger partial charge in [-0.2, -0.15) is 0 Å². The van der Waals surface area contributed by atoms with Gasteiger partial charge >= 0.3 is 0 Å². The van der Waals surface area contributed by atoms with E-state index >= 15 is 0 Å². The van der Waals surface area contributed by atoms with Gasteiger partial charge in [0.25, 0.3) is 0 Å². The lowest BCUT2D eigenvalue weighted by molar-refractivity contribution is 0.117. The maximum absolute atomic E-state index is 13.1.